The van der Waals surface area contributed by atoms with Gasteiger partial charge in [0.15, 0.2) is 0 Å². The van der Waals surface area contributed by atoms with Crippen LogP contribution in [0.4, 0.5) is 5.69 Å². The molecule has 0 radical (unpaired) electrons. The molecule has 2 rings (SSSR count). The highest BCUT2D eigenvalue weighted by Gasteiger charge is 2.26. The number of hydrogen-bond acceptors (Lipinski definition) is 3. The van der Waals surface area contributed by atoms with Crippen molar-refractivity contribution in [3.05, 3.63) is 28.2 Å². The Morgan fingerprint density at radius 1 is 1.59 bits per heavy atom. The maximum Gasteiger partial charge on any atom is 0.250 e. The second-order valence-corrected chi connectivity index (χ2v) is 5.04. The Kier molecular flexibility index (Phi) is 3.69. The molecule has 1 fully saturated rings. The lowest BCUT2D eigenvalue weighted by molar-refractivity contribution is 0.100. The van der Waals surface area contributed by atoms with Gasteiger partial charge in [-0.15, -0.1) is 0 Å². The minimum absolute atomic E-state index is 0.382. The molecule has 0 saturated carbocycles. The first-order valence-electron chi connectivity index (χ1n) is 5.70. The van der Waals surface area contributed by atoms with Crippen molar-refractivity contribution in [2.24, 2.45) is 5.73 Å². The fraction of sp³-hybridized carbons (Fsp3) is 0.417. The largest absolute Gasteiger partial charge is 0.366 e. The van der Waals surface area contributed by atoms with Gasteiger partial charge in [-0.3, -0.25) is 4.79 Å². The molecule has 3 N–H and O–H groups in total. The molecular weight excluding hydrogens is 282 g/mol. The third-order valence-electron chi connectivity index (χ3n) is 3.07. The number of nitrogens with two attached hydrogens (primary N) is 1. The molecule has 0 spiro atoms. The summed E-state index contributed by atoms with van der Waals surface area (Å²) in [4.78, 5) is 13.7. The van der Waals surface area contributed by atoms with Crippen LogP contribution in [0.2, 0.25) is 0 Å². The van der Waals surface area contributed by atoms with E-state index >= 15 is 0 Å². The molecule has 0 bridgehead atoms. The lowest BCUT2D eigenvalue weighted by Gasteiger charge is -2.40. The number of benzene rings is 1. The van der Waals surface area contributed by atoms with Gasteiger partial charge in [-0.25, -0.2) is 0 Å². The second-order valence-electron chi connectivity index (χ2n) is 4.12. The zero-order valence-corrected chi connectivity index (χ0v) is 11.3. The average molecular weight is 298 g/mol. The van der Waals surface area contributed by atoms with E-state index in [2.05, 4.69) is 33.1 Å². The van der Waals surface area contributed by atoms with Crippen molar-refractivity contribution in [2.75, 3.05) is 24.5 Å². The van der Waals surface area contributed by atoms with Crippen molar-refractivity contribution < 1.29 is 4.79 Å². The van der Waals surface area contributed by atoms with Crippen molar-refractivity contribution in [2.45, 2.75) is 13.0 Å². The first kappa shape index (κ1) is 12.4. The van der Waals surface area contributed by atoms with Gasteiger partial charge in [0.25, 0.3) is 5.91 Å². The molecule has 4 nitrogen and oxygen atoms in total. The van der Waals surface area contributed by atoms with Crippen molar-refractivity contribution in [1.82, 2.24) is 5.32 Å². The van der Waals surface area contributed by atoms with Crippen LogP contribution >= 0.6 is 15.9 Å². The number of hydrogen-bond donors (Lipinski definition) is 2. The van der Waals surface area contributed by atoms with Gasteiger partial charge in [-0.05, 0) is 25.1 Å². The molecule has 92 valence electrons. The van der Waals surface area contributed by atoms with Crippen LogP contribution in [0.1, 0.15) is 17.3 Å². The van der Waals surface area contributed by atoms with Crippen LogP contribution in [0.15, 0.2) is 22.7 Å². The van der Waals surface area contributed by atoms with E-state index < -0.39 is 0 Å². The van der Waals surface area contributed by atoms with Crippen LogP contribution in [-0.4, -0.2) is 31.6 Å². The molecule has 1 aliphatic heterocycles. The fourth-order valence-corrected chi connectivity index (χ4v) is 2.44. The van der Waals surface area contributed by atoms with Gasteiger partial charge in [0, 0.05) is 29.8 Å². The highest BCUT2D eigenvalue weighted by atomic mass is 79.9. The SMILES string of the molecule is CCN(c1ccc(Br)cc1C(N)=O)C1CNC1. The molecule has 0 aromatic heterocycles. The lowest BCUT2D eigenvalue weighted by Crippen LogP contribution is -2.57. The Morgan fingerprint density at radius 2 is 2.29 bits per heavy atom. The molecule has 17 heavy (non-hydrogen) atoms. The van der Waals surface area contributed by atoms with Gasteiger partial charge < -0.3 is 16.0 Å². The van der Waals surface area contributed by atoms with E-state index in [1.54, 1.807) is 6.07 Å². The number of amides is 1. The summed E-state index contributed by atoms with van der Waals surface area (Å²) in [6.45, 7) is 4.88. The van der Waals surface area contributed by atoms with Crippen LogP contribution in [-0.2, 0) is 0 Å². The third-order valence-corrected chi connectivity index (χ3v) is 3.57. The summed E-state index contributed by atoms with van der Waals surface area (Å²) in [7, 11) is 0. The highest BCUT2D eigenvalue weighted by Crippen LogP contribution is 2.26. The maximum absolute atomic E-state index is 11.5. The number of carbonyl (C=O) groups is 1. The molecule has 1 amide bonds. The minimum Gasteiger partial charge on any atom is -0.366 e. The maximum atomic E-state index is 11.5. The average Bonchev–Trinajstić information content (AvgIpc) is 2.23. The second kappa shape index (κ2) is 5.06. The summed E-state index contributed by atoms with van der Waals surface area (Å²) in [5.74, 6) is -0.382. The van der Waals surface area contributed by atoms with Crippen LogP contribution in [0.25, 0.3) is 0 Å². The molecule has 0 atom stereocenters. The standard InChI is InChI=1S/C12H16BrN3O/c1-2-16(9-6-15-7-9)11-4-3-8(13)5-10(11)12(14)17/h3-5,9,15H,2,6-7H2,1H3,(H2,14,17). The quantitative estimate of drug-likeness (QED) is 0.882. The fourth-order valence-electron chi connectivity index (χ4n) is 2.08. The summed E-state index contributed by atoms with van der Waals surface area (Å²) in [5.41, 5.74) is 6.94. The van der Waals surface area contributed by atoms with Crippen LogP contribution in [0, 0.1) is 0 Å². The number of halogens is 1. The molecule has 1 aromatic rings. The Hall–Kier alpha value is -1.07. The van der Waals surface area contributed by atoms with Crippen molar-refractivity contribution in [3.8, 4) is 0 Å². The zero-order chi connectivity index (χ0) is 12.4. The lowest BCUT2D eigenvalue weighted by atomic mass is 10.1. The topological polar surface area (TPSA) is 58.4 Å². The number of rotatable bonds is 4. The van der Waals surface area contributed by atoms with Crippen molar-refractivity contribution >= 4 is 27.5 Å². The van der Waals surface area contributed by atoms with E-state index in [0.29, 0.717) is 11.6 Å². The van der Waals surface area contributed by atoms with Gasteiger partial charge in [0.05, 0.1) is 11.6 Å². The summed E-state index contributed by atoms with van der Waals surface area (Å²) in [5, 5.41) is 3.24. The monoisotopic (exact) mass is 297 g/mol. The predicted molar refractivity (Wildman–Crippen MR) is 72.3 cm³/mol. The van der Waals surface area contributed by atoms with Gasteiger partial charge in [0.2, 0.25) is 0 Å². The summed E-state index contributed by atoms with van der Waals surface area (Å²) >= 11 is 3.37. The van der Waals surface area contributed by atoms with Crippen LogP contribution in [0.3, 0.4) is 0 Å². The van der Waals surface area contributed by atoms with E-state index in [1.807, 2.05) is 12.1 Å². The minimum atomic E-state index is -0.382. The van der Waals surface area contributed by atoms with Crippen molar-refractivity contribution in [1.29, 1.82) is 0 Å². The molecule has 1 aliphatic rings. The van der Waals surface area contributed by atoms with E-state index in [4.69, 9.17) is 5.73 Å². The zero-order valence-electron chi connectivity index (χ0n) is 9.74. The molecule has 1 saturated heterocycles. The number of nitrogens with zero attached hydrogens (tertiary/aromatic N) is 1. The number of primary amides is 1. The smallest absolute Gasteiger partial charge is 0.250 e. The van der Waals surface area contributed by atoms with Gasteiger partial charge >= 0.3 is 0 Å². The van der Waals surface area contributed by atoms with E-state index in [9.17, 15) is 4.79 Å². The molecule has 0 unspecified atom stereocenters. The first-order valence-corrected chi connectivity index (χ1v) is 6.49. The predicted octanol–water partition coefficient (Wildman–Crippen LogP) is 1.35. The summed E-state index contributed by atoms with van der Waals surface area (Å²) < 4.78 is 0.873. The summed E-state index contributed by atoms with van der Waals surface area (Å²) in [6, 6.07) is 6.13. The number of anilines is 1. The van der Waals surface area contributed by atoms with Crippen LogP contribution < -0.4 is 16.0 Å². The van der Waals surface area contributed by atoms with Crippen LogP contribution in [0.5, 0.6) is 0 Å². The van der Waals surface area contributed by atoms with Gasteiger partial charge in [-0.1, -0.05) is 15.9 Å². The number of carbonyl (C=O) groups excluding carboxylic acids is 1. The van der Waals surface area contributed by atoms with E-state index in [0.717, 1.165) is 29.8 Å². The third kappa shape index (κ3) is 2.45. The molecule has 1 heterocycles. The Balaban J connectivity index is 2.38. The number of nitrogens with one attached hydrogen (secondary N) is 1. The molecular formula is C12H16BrN3O. The normalized spacial score (nSPS) is 15.4. The first-order chi connectivity index (χ1) is 8.13. The molecule has 1 aromatic carbocycles. The molecule has 0 aliphatic carbocycles. The highest BCUT2D eigenvalue weighted by molar-refractivity contribution is 9.10. The van der Waals surface area contributed by atoms with Gasteiger partial charge in [0.1, 0.15) is 0 Å². The van der Waals surface area contributed by atoms with Gasteiger partial charge in [-0.2, -0.15) is 0 Å². The number of likely N-dealkylation sites (N-methyl/N-ethyl adjacent to an activating group) is 1. The molecule has 5 heteroatoms. The summed E-state index contributed by atoms with van der Waals surface area (Å²) in [6.07, 6.45) is 0. The Labute approximate surface area is 109 Å². The Bertz CT molecular complexity index is 432. The van der Waals surface area contributed by atoms with Crippen molar-refractivity contribution in [3.63, 3.8) is 0 Å². The van der Waals surface area contributed by atoms with E-state index in [-0.39, 0.29) is 5.91 Å². The Morgan fingerprint density at radius 3 is 2.76 bits per heavy atom. The van der Waals surface area contributed by atoms with E-state index in [1.165, 1.54) is 0 Å².